The SMILES string of the molecule is CC(=O)N1c2ccc(N3CCN(C(=O)OC(C)(C)C)[C@H](C)C3)cc2C(NC(=O)OCc2ccccc2)C(C)[C@@H]1C1CC1. The van der Waals surface area contributed by atoms with E-state index in [9.17, 15) is 14.4 Å². The van der Waals surface area contributed by atoms with Crippen LogP contribution in [0.4, 0.5) is 21.0 Å². The Bertz CT molecular complexity index is 1310. The molecule has 2 aliphatic heterocycles. The van der Waals surface area contributed by atoms with Gasteiger partial charge in [-0.05, 0) is 70.2 Å². The predicted octanol–water partition coefficient (Wildman–Crippen LogP) is 5.88. The first-order valence-corrected chi connectivity index (χ1v) is 15.1. The zero-order valence-electron chi connectivity index (χ0n) is 25.6. The van der Waals surface area contributed by atoms with Crippen LogP contribution in [0.3, 0.4) is 0 Å². The van der Waals surface area contributed by atoms with E-state index in [0.717, 1.165) is 35.3 Å². The highest BCUT2D eigenvalue weighted by atomic mass is 16.6. The van der Waals surface area contributed by atoms with Crippen LogP contribution in [0.2, 0.25) is 0 Å². The fourth-order valence-electron chi connectivity index (χ4n) is 6.43. The number of carbonyl (C=O) groups is 3. The molecule has 3 aliphatic rings. The molecule has 1 saturated heterocycles. The van der Waals surface area contributed by atoms with Crippen molar-refractivity contribution < 1.29 is 23.9 Å². The topological polar surface area (TPSA) is 91.4 Å². The summed E-state index contributed by atoms with van der Waals surface area (Å²) in [5.74, 6) is 0.428. The Hall–Kier alpha value is -3.75. The minimum atomic E-state index is -0.547. The predicted molar refractivity (Wildman–Crippen MR) is 162 cm³/mol. The molecule has 2 heterocycles. The summed E-state index contributed by atoms with van der Waals surface area (Å²) in [6.07, 6.45) is 1.39. The Morgan fingerprint density at radius 2 is 1.71 bits per heavy atom. The van der Waals surface area contributed by atoms with Gasteiger partial charge in [-0.2, -0.15) is 0 Å². The Labute approximate surface area is 249 Å². The Morgan fingerprint density at radius 3 is 2.33 bits per heavy atom. The second-order valence-corrected chi connectivity index (χ2v) is 13.0. The molecule has 226 valence electrons. The van der Waals surface area contributed by atoms with Crippen LogP contribution in [0.5, 0.6) is 0 Å². The van der Waals surface area contributed by atoms with Crippen molar-refractivity contribution in [3.8, 4) is 0 Å². The summed E-state index contributed by atoms with van der Waals surface area (Å²) in [7, 11) is 0. The summed E-state index contributed by atoms with van der Waals surface area (Å²) >= 11 is 0. The number of nitrogens with one attached hydrogen (secondary N) is 1. The van der Waals surface area contributed by atoms with Crippen LogP contribution in [0.25, 0.3) is 0 Å². The summed E-state index contributed by atoms with van der Waals surface area (Å²) in [5.41, 5.74) is 3.12. The normalized spacial score (nSPS) is 24.1. The third-order valence-corrected chi connectivity index (χ3v) is 8.52. The van der Waals surface area contributed by atoms with Crippen LogP contribution in [-0.4, -0.2) is 60.3 Å². The van der Waals surface area contributed by atoms with Crippen molar-refractivity contribution in [2.45, 2.75) is 84.7 Å². The van der Waals surface area contributed by atoms with Crippen LogP contribution in [0.1, 0.15) is 71.6 Å². The highest BCUT2D eigenvalue weighted by Gasteiger charge is 2.48. The molecular formula is C33H44N4O5. The third-order valence-electron chi connectivity index (χ3n) is 8.52. The number of amides is 3. The molecule has 0 radical (unpaired) electrons. The van der Waals surface area contributed by atoms with E-state index in [1.54, 1.807) is 11.8 Å². The molecule has 0 bridgehead atoms. The van der Waals surface area contributed by atoms with Crippen LogP contribution < -0.4 is 15.1 Å². The lowest BCUT2D eigenvalue weighted by Gasteiger charge is -2.46. The Balaban J connectivity index is 1.39. The van der Waals surface area contributed by atoms with Gasteiger partial charge < -0.3 is 29.5 Å². The van der Waals surface area contributed by atoms with Crippen LogP contribution in [-0.2, 0) is 20.9 Å². The van der Waals surface area contributed by atoms with Crippen molar-refractivity contribution in [3.63, 3.8) is 0 Å². The van der Waals surface area contributed by atoms with Crippen molar-refractivity contribution in [2.75, 3.05) is 29.4 Å². The van der Waals surface area contributed by atoms with E-state index in [0.29, 0.717) is 25.6 Å². The first kappa shape index (κ1) is 29.7. The lowest BCUT2D eigenvalue weighted by atomic mass is 9.79. The number of carbonyl (C=O) groups excluding carboxylic acids is 3. The molecule has 2 fully saturated rings. The summed E-state index contributed by atoms with van der Waals surface area (Å²) in [6.45, 7) is 13.4. The number of anilines is 2. The van der Waals surface area contributed by atoms with E-state index in [4.69, 9.17) is 9.47 Å². The molecule has 1 N–H and O–H groups in total. The first-order valence-electron chi connectivity index (χ1n) is 15.1. The summed E-state index contributed by atoms with van der Waals surface area (Å²) < 4.78 is 11.2. The molecule has 2 aromatic rings. The minimum absolute atomic E-state index is 0.00337. The molecule has 3 amide bonds. The molecule has 4 atom stereocenters. The molecule has 1 aliphatic carbocycles. The second kappa shape index (κ2) is 11.9. The number of fused-ring (bicyclic) bond motifs is 1. The maximum absolute atomic E-state index is 13.1. The van der Waals surface area contributed by atoms with Gasteiger partial charge in [-0.3, -0.25) is 4.79 Å². The monoisotopic (exact) mass is 576 g/mol. The van der Waals surface area contributed by atoms with E-state index in [2.05, 4.69) is 29.3 Å². The van der Waals surface area contributed by atoms with Crippen molar-refractivity contribution in [2.24, 2.45) is 11.8 Å². The van der Waals surface area contributed by atoms with Crippen molar-refractivity contribution in [3.05, 3.63) is 59.7 Å². The molecule has 9 nitrogen and oxygen atoms in total. The smallest absolute Gasteiger partial charge is 0.410 e. The number of alkyl carbamates (subject to hydrolysis) is 1. The highest BCUT2D eigenvalue weighted by Crippen LogP contribution is 2.50. The molecule has 1 saturated carbocycles. The molecular weight excluding hydrogens is 532 g/mol. The quantitative estimate of drug-likeness (QED) is 0.478. The second-order valence-electron chi connectivity index (χ2n) is 13.0. The van der Waals surface area contributed by atoms with Gasteiger partial charge in [0, 0.05) is 61.5 Å². The Morgan fingerprint density at radius 1 is 1.00 bits per heavy atom. The van der Waals surface area contributed by atoms with Gasteiger partial charge in [0.2, 0.25) is 5.91 Å². The third kappa shape index (κ3) is 6.50. The van der Waals surface area contributed by atoms with Gasteiger partial charge >= 0.3 is 12.2 Å². The fraction of sp³-hybridized carbons (Fsp3) is 0.545. The number of rotatable bonds is 5. The minimum Gasteiger partial charge on any atom is -0.445 e. The van der Waals surface area contributed by atoms with Gasteiger partial charge in [0.15, 0.2) is 0 Å². The number of piperazine rings is 1. The van der Waals surface area contributed by atoms with Crippen molar-refractivity contribution >= 4 is 29.5 Å². The summed E-state index contributed by atoms with van der Waals surface area (Å²) in [4.78, 5) is 44.9. The van der Waals surface area contributed by atoms with Crippen LogP contribution in [0, 0.1) is 11.8 Å². The molecule has 5 rings (SSSR count). The molecule has 9 heteroatoms. The van der Waals surface area contributed by atoms with Gasteiger partial charge in [-0.1, -0.05) is 37.3 Å². The molecule has 2 aromatic carbocycles. The van der Waals surface area contributed by atoms with Gasteiger partial charge in [0.05, 0.1) is 6.04 Å². The molecule has 42 heavy (non-hydrogen) atoms. The summed E-state index contributed by atoms with van der Waals surface area (Å²) in [6, 6.07) is 15.4. The first-order chi connectivity index (χ1) is 19.9. The zero-order chi connectivity index (χ0) is 30.2. The van der Waals surface area contributed by atoms with E-state index >= 15 is 0 Å². The van der Waals surface area contributed by atoms with E-state index in [-0.39, 0.29) is 42.7 Å². The number of hydrogen-bond acceptors (Lipinski definition) is 6. The van der Waals surface area contributed by atoms with Gasteiger partial charge in [0.1, 0.15) is 12.2 Å². The standard InChI is InChI=1S/C33H44N4O5/c1-21-19-35(16-17-36(21)32(40)42-33(4,5)6)26-14-15-28-27(18-26)29(22(2)30(25-12-13-25)37(28)23(3)38)34-31(39)41-20-24-10-8-7-9-11-24/h7-11,14-15,18,21-22,25,29-30H,12-13,16-17,19-20H2,1-6H3,(H,34,39)/t21-,22?,29?,30-/m1/s1. The van der Waals surface area contributed by atoms with Crippen LogP contribution in [0.15, 0.2) is 48.5 Å². The maximum atomic E-state index is 13.1. The van der Waals surface area contributed by atoms with E-state index in [1.165, 1.54) is 0 Å². The van der Waals surface area contributed by atoms with Crippen molar-refractivity contribution in [1.29, 1.82) is 0 Å². The average Bonchev–Trinajstić information content (AvgIpc) is 3.77. The van der Waals surface area contributed by atoms with Crippen LogP contribution >= 0.6 is 0 Å². The lowest BCUT2D eigenvalue weighted by Crippen LogP contribution is -2.55. The fourth-order valence-corrected chi connectivity index (χ4v) is 6.43. The van der Waals surface area contributed by atoms with E-state index < -0.39 is 11.7 Å². The van der Waals surface area contributed by atoms with Gasteiger partial charge in [-0.25, -0.2) is 9.59 Å². The summed E-state index contributed by atoms with van der Waals surface area (Å²) in [5, 5.41) is 3.16. The van der Waals surface area contributed by atoms with Gasteiger partial charge in [-0.15, -0.1) is 0 Å². The number of hydrogen-bond donors (Lipinski definition) is 1. The maximum Gasteiger partial charge on any atom is 0.410 e. The van der Waals surface area contributed by atoms with E-state index in [1.807, 2.05) is 69.0 Å². The highest BCUT2D eigenvalue weighted by molar-refractivity contribution is 5.94. The number of benzene rings is 2. The Kier molecular flexibility index (Phi) is 8.39. The average molecular weight is 577 g/mol. The molecule has 0 spiro atoms. The number of ether oxygens (including phenoxy) is 2. The lowest BCUT2D eigenvalue weighted by molar-refractivity contribution is -0.117. The molecule has 2 unspecified atom stereocenters. The number of nitrogens with zero attached hydrogens (tertiary/aromatic N) is 3. The largest absolute Gasteiger partial charge is 0.445 e. The van der Waals surface area contributed by atoms with Gasteiger partial charge in [0.25, 0.3) is 0 Å². The molecule has 0 aromatic heterocycles. The van der Waals surface area contributed by atoms with Crippen molar-refractivity contribution in [1.82, 2.24) is 10.2 Å². The zero-order valence-corrected chi connectivity index (χ0v) is 25.6.